The summed E-state index contributed by atoms with van der Waals surface area (Å²) in [7, 11) is 0. The molecule has 26 heteroatoms. The Kier molecular flexibility index (Phi) is 16.1. The number of hydrogen-bond donors (Lipinski definition) is 17. The van der Waals surface area contributed by atoms with Gasteiger partial charge in [0.1, 0.15) is 122 Å². The summed E-state index contributed by atoms with van der Waals surface area (Å²) in [4.78, 5) is 0. The number of ether oxygens (including phenoxy) is 9. The smallest absolute Gasteiger partial charge is 0.187 e. The Morgan fingerprint density at radius 3 is 0.857 bits per heavy atom. The van der Waals surface area contributed by atoms with Crippen molar-refractivity contribution >= 4 is 0 Å². The molecule has 5 fully saturated rings. The van der Waals surface area contributed by atoms with E-state index >= 15 is 0 Å². The zero-order chi connectivity index (χ0) is 41.3. The fraction of sp³-hybridized carbons (Fsp3) is 1.00. The van der Waals surface area contributed by atoms with Crippen LogP contribution in [0.1, 0.15) is 0 Å². The third kappa shape index (κ3) is 9.16. The molecule has 0 aliphatic carbocycles. The Bertz CT molecular complexity index is 1210. The van der Waals surface area contributed by atoms with Crippen LogP contribution in [0.3, 0.4) is 0 Å². The third-order valence-corrected chi connectivity index (χ3v) is 10.3. The molecule has 25 atom stereocenters. The van der Waals surface area contributed by atoms with Crippen molar-refractivity contribution in [3.63, 3.8) is 0 Å². The SMILES string of the molecule is OC[C@H]1O[C@H](O[C@H]2[C@@H](O[C@H]3[C@@H](O[C@H]4[C@@H](O[C@@H]5[C@@H](O)[C@H](O)[C@@H](CO)O[C@@H]5O)O[C@H](CO)[C@@H](O)[C@@H]4O)O[C@H](CO)[C@@H](O)[C@@H]3O)O[C@H](CO)[C@@H](O)[C@@H]2O)[C@H](O)[C@@H](O)[C@@H]1O. The lowest BCUT2D eigenvalue weighted by atomic mass is 9.95. The Morgan fingerprint density at radius 1 is 0.268 bits per heavy atom. The summed E-state index contributed by atoms with van der Waals surface area (Å²) >= 11 is 0. The molecule has 5 aliphatic rings. The van der Waals surface area contributed by atoms with E-state index in [0.717, 1.165) is 0 Å². The van der Waals surface area contributed by atoms with Gasteiger partial charge in [-0.2, -0.15) is 0 Å². The third-order valence-electron chi connectivity index (χ3n) is 10.3. The molecule has 5 rings (SSSR count). The first-order chi connectivity index (χ1) is 26.5. The van der Waals surface area contributed by atoms with Gasteiger partial charge in [0.15, 0.2) is 31.5 Å². The van der Waals surface area contributed by atoms with Crippen molar-refractivity contribution in [2.24, 2.45) is 0 Å². The molecule has 0 saturated carbocycles. The van der Waals surface area contributed by atoms with Gasteiger partial charge in [-0.3, -0.25) is 0 Å². The topological polar surface area (TPSA) is 427 Å². The molecular weight excluding hydrogens is 776 g/mol. The fourth-order valence-electron chi connectivity index (χ4n) is 6.95. The van der Waals surface area contributed by atoms with Gasteiger partial charge in [0, 0.05) is 0 Å². The molecule has 0 aromatic rings. The van der Waals surface area contributed by atoms with Crippen LogP contribution in [0.25, 0.3) is 0 Å². The highest BCUT2D eigenvalue weighted by Crippen LogP contribution is 2.36. The molecule has 0 amide bonds. The number of rotatable bonds is 13. The summed E-state index contributed by atoms with van der Waals surface area (Å²) in [6.07, 6.45) is -48.2. The van der Waals surface area contributed by atoms with Gasteiger partial charge in [-0.25, -0.2) is 0 Å². The van der Waals surface area contributed by atoms with Crippen molar-refractivity contribution in [2.45, 2.75) is 154 Å². The van der Waals surface area contributed by atoms with Crippen LogP contribution in [-0.2, 0) is 42.6 Å². The molecule has 17 N–H and O–H groups in total. The van der Waals surface area contributed by atoms with E-state index in [-0.39, 0.29) is 0 Å². The Hall–Kier alpha value is -1.04. The van der Waals surface area contributed by atoms with Gasteiger partial charge in [-0.05, 0) is 0 Å². The normalized spacial score (nSPS) is 53.2. The lowest BCUT2D eigenvalue weighted by Crippen LogP contribution is -2.68. The second-order valence-electron chi connectivity index (χ2n) is 13.9. The molecule has 56 heavy (non-hydrogen) atoms. The number of hydrogen-bond acceptors (Lipinski definition) is 26. The van der Waals surface area contributed by atoms with Gasteiger partial charge in [-0.1, -0.05) is 0 Å². The van der Waals surface area contributed by atoms with Gasteiger partial charge in [0.2, 0.25) is 0 Å². The maximum Gasteiger partial charge on any atom is 0.187 e. The number of aliphatic hydroxyl groups is 17. The maximum absolute atomic E-state index is 11.3. The van der Waals surface area contributed by atoms with E-state index < -0.39 is 187 Å². The van der Waals surface area contributed by atoms with Gasteiger partial charge >= 0.3 is 0 Å². The lowest BCUT2D eigenvalue weighted by Gasteiger charge is -2.50. The summed E-state index contributed by atoms with van der Waals surface area (Å²) in [6, 6.07) is 0. The highest BCUT2D eigenvalue weighted by Gasteiger charge is 2.57. The summed E-state index contributed by atoms with van der Waals surface area (Å²) < 4.78 is 50.2. The van der Waals surface area contributed by atoms with Crippen LogP contribution >= 0.6 is 0 Å². The molecule has 0 spiro atoms. The van der Waals surface area contributed by atoms with Gasteiger partial charge < -0.3 is 129 Å². The molecule has 5 heterocycles. The zero-order valence-corrected chi connectivity index (χ0v) is 29.2. The summed E-state index contributed by atoms with van der Waals surface area (Å²) in [5.74, 6) is 0. The van der Waals surface area contributed by atoms with E-state index in [1.807, 2.05) is 0 Å². The second-order valence-corrected chi connectivity index (χ2v) is 13.9. The van der Waals surface area contributed by atoms with Crippen LogP contribution in [0.5, 0.6) is 0 Å². The van der Waals surface area contributed by atoms with Crippen molar-refractivity contribution in [3.8, 4) is 0 Å². The van der Waals surface area contributed by atoms with E-state index in [0.29, 0.717) is 0 Å². The van der Waals surface area contributed by atoms with Crippen molar-refractivity contribution in [1.29, 1.82) is 0 Å². The minimum absolute atomic E-state index is 0.833. The van der Waals surface area contributed by atoms with Crippen LogP contribution in [0.15, 0.2) is 0 Å². The minimum atomic E-state index is -2.16. The molecule has 0 radical (unpaired) electrons. The van der Waals surface area contributed by atoms with Crippen molar-refractivity contribution in [3.05, 3.63) is 0 Å². The van der Waals surface area contributed by atoms with E-state index in [2.05, 4.69) is 0 Å². The summed E-state index contributed by atoms with van der Waals surface area (Å²) in [5, 5.41) is 177. The van der Waals surface area contributed by atoms with E-state index in [1.165, 1.54) is 0 Å². The van der Waals surface area contributed by atoms with Crippen LogP contribution < -0.4 is 0 Å². The van der Waals surface area contributed by atoms with E-state index in [4.69, 9.17) is 42.6 Å². The van der Waals surface area contributed by atoms with Crippen LogP contribution in [0.2, 0.25) is 0 Å². The first-order valence-electron chi connectivity index (χ1n) is 17.6. The average Bonchev–Trinajstić information content (AvgIpc) is 3.19. The fourth-order valence-corrected chi connectivity index (χ4v) is 6.95. The van der Waals surface area contributed by atoms with Crippen molar-refractivity contribution in [2.75, 3.05) is 33.0 Å². The molecule has 0 unspecified atom stereocenters. The Balaban J connectivity index is 1.45. The summed E-state index contributed by atoms with van der Waals surface area (Å²) in [6.45, 7) is -4.60. The van der Waals surface area contributed by atoms with Gasteiger partial charge in [0.25, 0.3) is 0 Å². The lowest BCUT2D eigenvalue weighted by molar-refractivity contribution is -0.412. The largest absolute Gasteiger partial charge is 0.394 e. The molecule has 26 nitrogen and oxygen atoms in total. The van der Waals surface area contributed by atoms with Crippen LogP contribution in [0.4, 0.5) is 0 Å². The molecule has 0 bridgehead atoms. The molecule has 0 aromatic heterocycles. The Morgan fingerprint density at radius 2 is 0.518 bits per heavy atom. The standard InChI is InChI=1S/C30H52O26/c31-1-6-12(37)17(42)22(26(47)48-6)53-28-24(19(44)14(39)8(3-33)50-28)55-30-25(20(45)15(40)10(5-35)52-30)56-29-23(18(43)13(38)9(4-34)51-29)54-27-21(46)16(41)11(36)7(2-32)49-27/h6-47H,1-5H2/t6-,7-,8-,9-,10-,11-,12-,13-,14-,15-,16+,17+,18+,19+,20+,21-,22-,23-,24-,25-,26+,27-,28-,29-,30-/m1/s1. The predicted octanol–water partition coefficient (Wildman–Crippen LogP) is -11.9. The van der Waals surface area contributed by atoms with Gasteiger partial charge in [-0.15, -0.1) is 0 Å². The highest BCUT2D eigenvalue weighted by atomic mass is 16.8. The molecular formula is C30H52O26. The molecule has 0 aromatic carbocycles. The highest BCUT2D eigenvalue weighted by molar-refractivity contribution is 4.98. The average molecular weight is 829 g/mol. The van der Waals surface area contributed by atoms with Crippen molar-refractivity contribution < 1.29 is 129 Å². The predicted molar refractivity (Wildman–Crippen MR) is 167 cm³/mol. The first-order valence-corrected chi connectivity index (χ1v) is 17.6. The molecule has 5 aliphatic heterocycles. The monoisotopic (exact) mass is 828 g/mol. The first kappa shape index (κ1) is 46.0. The minimum Gasteiger partial charge on any atom is -0.394 e. The Labute approximate surface area is 316 Å². The quantitative estimate of drug-likeness (QED) is 0.0819. The van der Waals surface area contributed by atoms with E-state index in [1.54, 1.807) is 0 Å². The van der Waals surface area contributed by atoms with Crippen LogP contribution in [0, 0.1) is 0 Å². The molecule has 5 saturated heterocycles. The zero-order valence-electron chi connectivity index (χ0n) is 29.2. The maximum atomic E-state index is 11.3. The van der Waals surface area contributed by atoms with Crippen molar-refractivity contribution in [1.82, 2.24) is 0 Å². The number of aliphatic hydroxyl groups excluding tert-OH is 17. The van der Waals surface area contributed by atoms with E-state index in [9.17, 15) is 86.8 Å². The second kappa shape index (κ2) is 19.6. The summed E-state index contributed by atoms with van der Waals surface area (Å²) in [5.41, 5.74) is 0. The van der Waals surface area contributed by atoms with Crippen LogP contribution in [-0.4, -0.2) is 273 Å². The molecule has 328 valence electrons. The van der Waals surface area contributed by atoms with Gasteiger partial charge in [0.05, 0.1) is 33.0 Å².